The van der Waals surface area contributed by atoms with E-state index in [-0.39, 0.29) is 0 Å². The summed E-state index contributed by atoms with van der Waals surface area (Å²) in [7, 11) is 0. The minimum Gasteiger partial charge on any atom is -0.383 e. The summed E-state index contributed by atoms with van der Waals surface area (Å²) in [6.45, 7) is 3.03. The van der Waals surface area contributed by atoms with Crippen molar-refractivity contribution in [1.29, 1.82) is 5.26 Å². The van der Waals surface area contributed by atoms with Crippen LogP contribution in [0.15, 0.2) is 30.3 Å². The molecule has 2 rings (SSSR count). The lowest BCUT2D eigenvalue weighted by molar-refractivity contribution is -0.129. The zero-order valence-electron chi connectivity index (χ0n) is 11.4. The van der Waals surface area contributed by atoms with Crippen LogP contribution < -0.4 is 0 Å². The normalized spacial score (nSPS) is 26.4. The summed E-state index contributed by atoms with van der Waals surface area (Å²) in [4.78, 5) is 0. The molecule has 3 heteroatoms. The highest BCUT2D eigenvalue weighted by molar-refractivity contribution is 5.29. The maximum absolute atomic E-state index is 11.3. The predicted molar refractivity (Wildman–Crippen MR) is 73.3 cm³/mol. The number of nitriles is 1. The van der Waals surface area contributed by atoms with Crippen molar-refractivity contribution in [2.75, 3.05) is 13.2 Å². The van der Waals surface area contributed by atoms with E-state index in [4.69, 9.17) is 4.74 Å². The van der Waals surface area contributed by atoms with Gasteiger partial charge in [-0.1, -0.05) is 43.7 Å². The summed E-state index contributed by atoms with van der Waals surface area (Å²) in [5, 5.41) is 20.9. The topological polar surface area (TPSA) is 53.2 Å². The number of hydrogen-bond acceptors (Lipinski definition) is 3. The van der Waals surface area contributed by atoms with Gasteiger partial charge in [0.05, 0.1) is 12.7 Å². The second-order valence-electron chi connectivity index (χ2n) is 5.33. The van der Waals surface area contributed by atoms with Crippen molar-refractivity contribution in [1.82, 2.24) is 0 Å². The van der Waals surface area contributed by atoms with Crippen LogP contribution >= 0.6 is 0 Å². The summed E-state index contributed by atoms with van der Waals surface area (Å²) >= 11 is 0. The Morgan fingerprint density at radius 2 is 2.16 bits per heavy atom. The average Bonchev–Trinajstić information content (AvgIpc) is 2.49. The van der Waals surface area contributed by atoms with E-state index in [1.165, 1.54) is 0 Å². The second kappa shape index (κ2) is 5.73. The van der Waals surface area contributed by atoms with E-state index < -0.39 is 11.0 Å². The molecular formula is C16H21NO2. The molecule has 1 aliphatic heterocycles. The lowest BCUT2D eigenvalue weighted by Crippen LogP contribution is -2.50. The lowest BCUT2D eigenvalue weighted by Gasteiger charge is -2.45. The summed E-state index contributed by atoms with van der Waals surface area (Å²) < 4.78 is 5.51. The molecule has 1 aromatic rings. The first-order valence-electron chi connectivity index (χ1n) is 6.95. The summed E-state index contributed by atoms with van der Waals surface area (Å²) in [6.07, 6.45) is 2.92. The molecule has 1 aliphatic rings. The zero-order valence-corrected chi connectivity index (χ0v) is 11.4. The standard InChI is InChI=1S/C16H21NO2/c1-2-9-16(18,14-7-4-3-5-8-14)15(12-17)10-6-11-19-13-15/h3-5,7-8,18H,2,6,9-11,13H2,1H3. The highest BCUT2D eigenvalue weighted by Gasteiger charge is 2.52. The first-order chi connectivity index (χ1) is 9.18. The fourth-order valence-corrected chi connectivity index (χ4v) is 3.04. The van der Waals surface area contributed by atoms with Crippen LogP contribution in [0.4, 0.5) is 0 Å². The fraction of sp³-hybridized carbons (Fsp3) is 0.562. The molecule has 1 heterocycles. The van der Waals surface area contributed by atoms with Crippen molar-refractivity contribution >= 4 is 0 Å². The molecule has 1 fully saturated rings. The number of rotatable bonds is 4. The van der Waals surface area contributed by atoms with Gasteiger partial charge in [0.1, 0.15) is 11.0 Å². The number of hydrogen-bond donors (Lipinski definition) is 1. The fourth-order valence-electron chi connectivity index (χ4n) is 3.04. The monoisotopic (exact) mass is 259 g/mol. The Morgan fingerprint density at radius 1 is 1.42 bits per heavy atom. The van der Waals surface area contributed by atoms with Gasteiger partial charge in [-0.2, -0.15) is 5.26 Å². The molecule has 1 aromatic carbocycles. The molecule has 0 saturated carbocycles. The van der Waals surface area contributed by atoms with Crippen molar-refractivity contribution < 1.29 is 9.84 Å². The van der Waals surface area contributed by atoms with Crippen LogP contribution in [-0.4, -0.2) is 18.3 Å². The van der Waals surface area contributed by atoms with Gasteiger partial charge in [-0.3, -0.25) is 0 Å². The van der Waals surface area contributed by atoms with Gasteiger partial charge in [-0.25, -0.2) is 0 Å². The van der Waals surface area contributed by atoms with E-state index in [9.17, 15) is 10.4 Å². The van der Waals surface area contributed by atoms with Crippen LogP contribution in [-0.2, 0) is 10.3 Å². The largest absolute Gasteiger partial charge is 0.383 e. The summed E-state index contributed by atoms with van der Waals surface area (Å²) in [5.41, 5.74) is -1.13. The molecule has 0 bridgehead atoms. The third-order valence-electron chi connectivity index (χ3n) is 4.11. The van der Waals surface area contributed by atoms with Crippen molar-refractivity contribution in [3.63, 3.8) is 0 Å². The number of ether oxygens (including phenoxy) is 1. The Bertz CT molecular complexity index is 446. The summed E-state index contributed by atoms with van der Waals surface area (Å²) in [6, 6.07) is 11.9. The molecule has 0 spiro atoms. The van der Waals surface area contributed by atoms with E-state index in [0.717, 1.165) is 18.4 Å². The molecule has 0 aliphatic carbocycles. The quantitative estimate of drug-likeness (QED) is 0.904. The number of benzene rings is 1. The lowest BCUT2D eigenvalue weighted by atomic mass is 9.64. The van der Waals surface area contributed by atoms with E-state index in [0.29, 0.717) is 26.1 Å². The Hall–Kier alpha value is -1.37. The maximum Gasteiger partial charge on any atom is 0.113 e. The van der Waals surface area contributed by atoms with Crippen molar-refractivity contribution in [2.24, 2.45) is 5.41 Å². The van der Waals surface area contributed by atoms with Crippen LogP contribution in [0.1, 0.15) is 38.2 Å². The number of aliphatic hydroxyl groups is 1. The zero-order chi connectivity index (χ0) is 13.8. The Labute approximate surface area is 114 Å². The van der Waals surface area contributed by atoms with Crippen LogP contribution in [0, 0.1) is 16.7 Å². The van der Waals surface area contributed by atoms with Crippen molar-refractivity contribution in [2.45, 2.75) is 38.2 Å². The summed E-state index contributed by atoms with van der Waals surface area (Å²) in [5.74, 6) is 0. The molecule has 102 valence electrons. The minimum atomic E-state index is -1.13. The smallest absolute Gasteiger partial charge is 0.113 e. The third kappa shape index (κ3) is 2.39. The maximum atomic E-state index is 11.3. The highest BCUT2D eigenvalue weighted by atomic mass is 16.5. The van der Waals surface area contributed by atoms with Crippen LogP contribution in [0.5, 0.6) is 0 Å². The second-order valence-corrected chi connectivity index (χ2v) is 5.33. The molecule has 2 unspecified atom stereocenters. The van der Waals surface area contributed by atoms with E-state index in [1.807, 2.05) is 37.3 Å². The minimum absolute atomic E-state index is 0.314. The van der Waals surface area contributed by atoms with Gasteiger partial charge >= 0.3 is 0 Å². The Kier molecular flexibility index (Phi) is 4.24. The predicted octanol–water partition coefficient (Wildman–Crippen LogP) is 2.99. The van der Waals surface area contributed by atoms with Crippen LogP contribution in [0.25, 0.3) is 0 Å². The average molecular weight is 259 g/mol. The molecule has 0 radical (unpaired) electrons. The molecular weight excluding hydrogens is 238 g/mol. The molecule has 1 saturated heterocycles. The van der Waals surface area contributed by atoms with Gasteiger partial charge in [0.15, 0.2) is 0 Å². The molecule has 2 atom stereocenters. The van der Waals surface area contributed by atoms with E-state index >= 15 is 0 Å². The van der Waals surface area contributed by atoms with Crippen molar-refractivity contribution in [3.05, 3.63) is 35.9 Å². The van der Waals surface area contributed by atoms with Gasteiger partial charge in [-0.05, 0) is 24.8 Å². The molecule has 3 nitrogen and oxygen atoms in total. The highest BCUT2D eigenvalue weighted by Crippen LogP contribution is 2.47. The van der Waals surface area contributed by atoms with Gasteiger partial charge in [0.25, 0.3) is 0 Å². The first kappa shape index (κ1) is 14.0. The van der Waals surface area contributed by atoms with Gasteiger partial charge < -0.3 is 9.84 Å². The van der Waals surface area contributed by atoms with Gasteiger partial charge in [-0.15, -0.1) is 0 Å². The molecule has 0 aromatic heterocycles. The van der Waals surface area contributed by atoms with Crippen molar-refractivity contribution in [3.8, 4) is 6.07 Å². The first-order valence-corrected chi connectivity index (χ1v) is 6.95. The SMILES string of the molecule is CCCC(O)(c1ccccc1)C1(C#N)CCCOC1. The van der Waals surface area contributed by atoms with Gasteiger partial charge in [0.2, 0.25) is 0 Å². The third-order valence-corrected chi connectivity index (χ3v) is 4.11. The molecule has 1 N–H and O–H groups in total. The van der Waals surface area contributed by atoms with Crippen LogP contribution in [0.2, 0.25) is 0 Å². The Balaban J connectivity index is 2.46. The van der Waals surface area contributed by atoms with Crippen LogP contribution in [0.3, 0.4) is 0 Å². The molecule has 19 heavy (non-hydrogen) atoms. The van der Waals surface area contributed by atoms with E-state index in [2.05, 4.69) is 6.07 Å². The number of nitrogens with zero attached hydrogens (tertiary/aromatic N) is 1. The molecule has 0 amide bonds. The van der Waals surface area contributed by atoms with Gasteiger partial charge in [0, 0.05) is 6.61 Å². The van der Waals surface area contributed by atoms with E-state index in [1.54, 1.807) is 0 Å². The Morgan fingerprint density at radius 3 is 2.68 bits per heavy atom.